The molecule has 7 heteroatoms. The molecule has 0 aliphatic carbocycles. The first kappa shape index (κ1) is 17.2. The van der Waals surface area contributed by atoms with Gasteiger partial charge in [-0.15, -0.1) is 0 Å². The summed E-state index contributed by atoms with van der Waals surface area (Å²) in [6, 6.07) is 9.54. The number of amides is 1. The molecule has 0 aliphatic rings. The Morgan fingerprint density at radius 1 is 1.20 bits per heavy atom. The van der Waals surface area contributed by atoms with Gasteiger partial charge in [-0.25, -0.2) is 0 Å². The number of anilines is 1. The minimum absolute atomic E-state index is 0.128. The van der Waals surface area contributed by atoms with E-state index in [9.17, 15) is 4.79 Å². The number of carbonyl (C=O) groups is 1. The largest absolute Gasteiger partial charge is 0.321 e. The van der Waals surface area contributed by atoms with Crippen molar-refractivity contribution >= 4 is 23.2 Å². The quantitative estimate of drug-likeness (QED) is 0.761. The maximum atomic E-state index is 12.3. The standard InChI is InChI=1S/C18H20ClN5O/c1-12-7-8-23(21-12)11-17(25)20-18-13(2)22-24(14(18)3)10-15-5-4-6-16(19)9-15/h4-9H,10-11H2,1-3H3,(H,20,25). The summed E-state index contributed by atoms with van der Waals surface area (Å²) in [5.74, 6) is -0.128. The summed E-state index contributed by atoms with van der Waals surface area (Å²) in [7, 11) is 0. The van der Waals surface area contributed by atoms with Crippen LogP contribution in [0.2, 0.25) is 5.02 Å². The minimum atomic E-state index is -0.128. The van der Waals surface area contributed by atoms with Crippen LogP contribution in [0.3, 0.4) is 0 Å². The van der Waals surface area contributed by atoms with E-state index in [1.54, 1.807) is 10.9 Å². The Bertz CT molecular complexity index is 912. The average molecular weight is 358 g/mol. The van der Waals surface area contributed by atoms with Crippen molar-refractivity contribution in [3.8, 4) is 0 Å². The lowest BCUT2D eigenvalue weighted by Crippen LogP contribution is -2.20. The molecule has 0 atom stereocenters. The summed E-state index contributed by atoms with van der Waals surface area (Å²) in [4.78, 5) is 12.3. The highest BCUT2D eigenvalue weighted by Crippen LogP contribution is 2.21. The van der Waals surface area contributed by atoms with Gasteiger partial charge in [-0.3, -0.25) is 14.2 Å². The first-order valence-corrected chi connectivity index (χ1v) is 8.38. The predicted octanol–water partition coefficient (Wildman–Crippen LogP) is 3.35. The molecule has 2 aromatic heterocycles. The van der Waals surface area contributed by atoms with Gasteiger partial charge in [0.15, 0.2) is 0 Å². The number of carbonyl (C=O) groups excluding carboxylic acids is 1. The molecule has 3 aromatic rings. The van der Waals surface area contributed by atoms with Gasteiger partial charge < -0.3 is 5.32 Å². The average Bonchev–Trinajstić information content (AvgIpc) is 3.06. The Morgan fingerprint density at radius 2 is 2.00 bits per heavy atom. The second kappa shape index (κ2) is 7.11. The van der Waals surface area contributed by atoms with Crippen LogP contribution in [-0.4, -0.2) is 25.5 Å². The third kappa shape index (κ3) is 4.09. The summed E-state index contributed by atoms with van der Waals surface area (Å²) in [5, 5.41) is 12.4. The van der Waals surface area contributed by atoms with E-state index in [0.717, 1.165) is 28.3 Å². The zero-order chi connectivity index (χ0) is 18.0. The number of aryl methyl sites for hydroxylation is 2. The van der Waals surface area contributed by atoms with Crippen LogP contribution in [0.25, 0.3) is 0 Å². The van der Waals surface area contributed by atoms with E-state index < -0.39 is 0 Å². The van der Waals surface area contributed by atoms with Crippen LogP contribution in [0.15, 0.2) is 36.5 Å². The molecule has 0 bridgehead atoms. The van der Waals surface area contributed by atoms with Crippen LogP contribution in [0, 0.1) is 20.8 Å². The maximum Gasteiger partial charge on any atom is 0.246 e. The van der Waals surface area contributed by atoms with Crippen molar-refractivity contribution in [1.82, 2.24) is 19.6 Å². The van der Waals surface area contributed by atoms with Gasteiger partial charge in [-0.1, -0.05) is 23.7 Å². The van der Waals surface area contributed by atoms with Crippen LogP contribution < -0.4 is 5.32 Å². The Hall–Kier alpha value is -2.60. The molecule has 1 amide bonds. The molecule has 130 valence electrons. The fraction of sp³-hybridized carbons (Fsp3) is 0.278. The number of nitrogens with zero attached hydrogens (tertiary/aromatic N) is 4. The highest BCUT2D eigenvalue weighted by molar-refractivity contribution is 6.30. The van der Waals surface area contributed by atoms with Crippen LogP contribution in [0.4, 0.5) is 5.69 Å². The number of benzene rings is 1. The Morgan fingerprint density at radius 3 is 2.68 bits per heavy atom. The highest BCUT2D eigenvalue weighted by Gasteiger charge is 2.15. The van der Waals surface area contributed by atoms with Crippen molar-refractivity contribution < 1.29 is 4.79 Å². The summed E-state index contributed by atoms with van der Waals surface area (Å²) in [5.41, 5.74) is 4.38. The van der Waals surface area contributed by atoms with Gasteiger partial charge in [-0.2, -0.15) is 10.2 Å². The topological polar surface area (TPSA) is 64.7 Å². The lowest BCUT2D eigenvalue weighted by atomic mass is 10.2. The van der Waals surface area contributed by atoms with E-state index in [1.165, 1.54) is 0 Å². The fourth-order valence-electron chi connectivity index (χ4n) is 2.72. The van der Waals surface area contributed by atoms with Gasteiger partial charge in [0.25, 0.3) is 0 Å². The van der Waals surface area contributed by atoms with Crippen LogP contribution in [0.1, 0.15) is 22.6 Å². The molecule has 0 aliphatic heterocycles. The van der Waals surface area contributed by atoms with E-state index >= 15 is 0 Å². The van der Waals surface area contributed by atoms with E-state index in [0.29, 0.717) is 11.6 Å². The first-order valence-electron chi connectivity index (χ1n) is 8.01. The molecular weight excluding hydrogens is 338 g/mol. The highest BCUT2D eigenvalue weighted by atomic mass is 35.5. The number of hydrogen-bond acceptors (Lipinski definition) is 3. The molecule has 0 spiro atoms. The number of halogens is 1. The number of rotatable bonds is 5. The number of nitrogens with one attached hydrogen (secondary N) is 1. The van der Waals surface area contributed by atoms with E-state index in [1.807, 2.05) is 55.8 Å². The van der Waals surface area contributed by atoms with Gasteiger partial charge in [0.05, 0.1) is 29.3 Å². The third-order valence-electron chi connectivity index (χ3n) is 3.95. The summed E-state index contributed by atoms with van der Waals surface area (Å²) >= 11 is 6.04. The van der Waals surface area contributed by atoms with Gasteiger partial charge >= 0.3 is 0 Å². The van der Waals surface area contributed by atoms with E-state index in [2.05, 4.69) is 15.5 Å². The predicted molar refractivity (Wildman–Crippen MR) is 97.8 cm³/mol. The zero-order valence-electron chi connectivity index (χ0n) is 14.5. The molecule has 0 saturated carbocycles. The second-order valence-electron chi connectivity index (χ2n) is 6.04. The van der Waals surface area contributed by atoms with Crippen molar-refractivity contribution in [2.24, 2.45) is 0 Å². The molecule has 0 radical (unpaired) electrons. The van der Waals surface area contributed by atoms with Crippen LogP contribution in [-0.2, 0) is 17.9 Å². The lowest BCUT2D eigenvalue weighted by molar-refractivity contribution is -0.116. The molecule has 0 fully saturated rings. The van der Waals surface area contributed by atoms with Gasteiger partial charge in [0.1, 0.15) is 6.54 Å². The molecular formula is C18H20ClN5O. The first-order chi connectivity index (χ1) is 11.9. The Balaban J connectivity index is 1.74. The maximum absolute atomic E-state index is 12.3. The molecule has 25 heavy (non-hydrogen) atoms. The Labute approximate surface area is 151 Å². The van der Waals surface area contributed by atoms with Gasteiger partial charge in [-0.05, 0) is 44.5 Å². The summed E-state index contributed by atoms with van der Waals surface area (Å²) in [6.07, 6.45) is 1.79. The minimum Gasteiger partial charge on any atom is -0.321 e. The van der Waals surface area contributed by atoms with Crippen molar-refractivity contribution in [3.63, 3.8) is 0 Å². The molecule has 1 N–H and O–H groups in total. The second-order valence-corrected chi connectivity index (χ2v) is 6.47. The van der Waals surface area contributed by atoms with E-state index in [-0.39, 0.29) is 12.5 Å². The number of hydrogen-bond donors (Lipinski definition) is 1. The van der Waals surface area contributed by atoms with Crippen molar-refractivity contribution in [2.75, 3.05) is 5.32 Å². The summed E-state index contributed by atoms with van der Waals surface area (Å²) in [6.45, 7) is 6.49. The monoisotopic (exact) mass is 357 g/mol. The SMILES string of the molecule is Cc1ccn(CC(=O)Nc2c(C)nn(Cc3cccc(Cl)c3)c2C)n1. The number of aromatic nitrogens is 4. The van der Waals surface area contributed by atoms with Gasteiger partial charge in [0, 0.05) is 11.2 Å². The van der Waals surface area contributed by atoms with Gasteiger partial charge in [0.2, 0.25) is 5.91 Å². The van der Waals surface area contributed by atoms with Crippen LogP contribution in [0.5, 0.6) is 0 Å². The zero-order valence-corrected chi connectivity index (χ0v) is 15.2. The molecule has 0 saturated heterocycles. The van der Waals surface area contributed by atoms with Crippen molar-refractivity contribution in [1.29, 1.82) is 0 Å². The molecule has 6 nitrogen and oxygen atoms in total. The fourth-order valence-corrected chi connectivity index (χ4v) is 2.93. The molecule has 1 aromatic carbocycles. The van der Waals surface area contributed by atoms with Crippen LogP contribution >= 0.6 is 11.6 Å². The lowest BCUT2D eigenvalue weighted by Gasteiger charge is -2.08. The third-order valence-corrected chi connectivity index (χ3v) is 4.18. The van der Waals surface area contributed by atoms with E-state index in [4.69, 9.17) is 11.6 Å². The molecule has 3 rings (SSSR count). The summed E-state index contributed by atoms with van der Waals surface area (Å²) < 4.78 is 3.49. The molecule has 2 heterocycles. The molecule has 0 unspecified atom stereocenters. The normalized spacial score (nSPS) is 10.9. The van der Waals surface area contributed by atoms with Crippen molar-refractivity contribution in [3.05, 3.63) is 64.2 Å². The Kier molecular flexibility index (Phi) is 4.90. The van der Waals surface area contributed by atoms with Crippen molar-refractivity contribution in [2.45, 2.75) is 33.9 Å². The smallest absolute Gasteiger partial charge is 0.246 e.